The highest BCUT2D eigenvalue weighted by Gasteiger charge is 2.27. The van der Waals surface area contributed by atoms with Crippen molar-refractivity contribution in [3.05, 3.63) is 22.2 Å². The van der Waals surface area contributed by atoms with E-state index in [2.05, 4.69) is 27.3 Å². The molecule has 2 aliphatic rings. The van der Waals surface area contributed by atoms with Crippen LogP contribution in [-0.2, 0) is 0 Å². The zero-order chi connectivity index (χ0) is 12.5. The number of hydrogen-bond donors (Lipinski definition) is 1. The molecule has 4 nitrogen and oxygen atoms in total. The molecule has 0 saturated heterocycles. The Hall–Kier alpha value is -1.25. The van der Waals surface area contributed by atoms with Crippen LogP contribution in [0.15, 0.2) is 16.6 Å². The lowest BCUT2D eigenvalue weighted by molar-refractivity contribution is 0.170. The van der Waals surface area contributed by atoms with Gasteiger partial charge < -0.3 is 9.47 Å². The molecule has 1 N–H and O–H groups in total. The Morgan fingerprint density at radius 3 is 2.83 bits per heavy atom. The number of nitrogens with zero attached hydrogens (tertiary/aromatic N) is 1. The van der Waals surface area contributed by atoms with Gasteiger partial charge in [-0.2, -0.15) is 5.26 Å². The van der Waals surface area contributed by atoms with Crippen LogP contribution in [0.2, 0.25) is 0 Å². The fourth-order valence-corrected chi connectivity index (χ4v) is 2.57. The van der Waals surface area contributed by atoms with E-state index in [0.29, 0.717) is 25.0 Å². The Balaban J connectivity index is 1.91. The highest BCUT2D eigenvalue weighted by molar-refractivity contribution is 9.10. The maximum atomic E-state index is 9.25. The minimum Gasteiger partial charge on any atom is -0.486 e. The van der Waals surface area contributed by atoms with Gasteiger partial charge >= 0.3 is 0 Å². The maximum absolute atomic E-state index is 9.25. The second-order valence-corrected chi connectivity index (χ2v) is 5.38. The van der Waals surface area contributed by atoms with Crippen molar-refractivity contribution < 1.29 is 9.47 Å². The van der Waals surface area contributed by atoms with Crippen LogP contribution in [0, 0.1) is 11.3 Å². The van der Waals surface area contributed by atoms with Gasteiger partial charge in [0.05, 0.1) is 10.5 Å². The molecule has 1 aromatic carbocycles. The third-order valence-corrected chi connectivity index (χ3v) is 3.65. The van der Waals surface area contributed by atoms with E-state index >= 15 is 0 Å². The normalized spacial score (nSPS) is 19.1. The van der Waals surface area contributed by atoms with Crippen molar-refractivity contribution >= 4 is 15.9 Å². The zero-order valence-electron chi connectivity index (χ0n) is 9.78. The Morgan fingerprint density at radius 1 is 1.33 bits per heavy atom. The van der Waals surface area contributed by atoms with Crippen molar-refractivity contribution in [2.45, 2.75) is 24.9 Å². The number of halogens is 1. The Labute approximate surface area is 114 Å². The van der Waals surface area contributed by atoms with Crippen molar-refractivity contribution in [2.24, 2.45) is 0 Å². The smallest absolute Gasteiger partial charge is 0.175 e. The summed E-state index contributed by atoms with van der Waals surface area (Å²) in [6.45, 7) is 1.11. The molecular formula is C13H13BrN2O2. The van der Waals surface area contributed by atoms with Crippen LogP contribution < -0.4 is 14.8 Å². The number of hydrogen-bond acceptors (Lipinski definition) is 4. The van der Waals surface area contributed by atoms with Gasteiger partial charge in [-0.1, -0.05) is 0 Å². The predicted molar refractivity (Wildman–Crippen MR) is 69.6 cm³/mol. The van der Waals surface area contributed by atoms with E-state index < -0.39 is 0 Å². The minimum absolute atomic E-state index is 0.287. The molecule has 1 unspecified atom stereocenters. The predicted octanol–water partition coefficient (Wildman–Crippen LogP) is 2.54. The van der Waals surface area contributed by atoms with Gasteiger partial charge in [0.1, 0.15) is 19.3 Å². The van der Waals surface area contributed by atoms with Gasteiger partial charge in [-0.3, -0.25) is 5.32 Å². The lowest BCUT2D eigenvalue weighted by Crippen LogP contribution is -2.23. The first-order chi connectivity index (χ1) is 8.78. The van der Waals surface area contributed by atoms with E-state index in [1.165, 1.54) is 0 Å². The molecule has 18 heavy (non-hydrogen) atoms. The molecule has 0 radical (unpaired) electrons. The molecule has 3 rings (SSSR count). The summed E-state index contributed by atoms with van der Waals surface area (Å²) in [5.41, 5.74) is 0.917. The minimum atomic E-state index is -0.287. The lowest BCUT2D eigenvalue weighted by Gasteiger charge is -2.21. The molecule has 1 heterocycles. The van der Waals surface area contributed by atoms with Crippen LogP contribution in [0.3, 0.4) is 0 Å². The highest BCUT2D eigenvalue weighted by atomic mass is 79.9. The first kappa shape index (κ1) is 11.8. The maximum Gasteiger partial charge on any atom is 0.175 e. The number of rotatable bonds is 3. The number of nitriles is 1. The van der Waals surface area contributed by atoms with E-state index in [-0.39, 0.29) is 6.04 Å². The summed E-state index contributed by atoms with van der Waals surface area (Å²) >= 11 is 3.47. The van der Waals surface area contributed by atoms with Crippen molar-refractivity contribution in [3.8, 4) is 17.6 Å². The van der Waals surface area contributed by atoms with Gasteiger partial charge in [0.25, 0.3) is 0 Å². The Bertz CT molecular complexity index is 508. The molecule has 1 saturated carbocycles. The van der Waals surface area contributed by atoms with Crippen molar-refractivity contribution in [2.75, 3.05) is 13.2 Å². The topological polar surface area (TPSA) is 54.3 Å². The summed E-state index contributed by atoms with van der Waals surface area (Å²) in [5, 5.41) is 12.6. The van der Waals surface area contributed by atoms with Crippen LogP contribution in [0.4, 0.5) is 0 Å². The van der Waals surface area contributed by atoms with Crippen molar-refractivity contribution in [3.63, 3.8) is 0 Å². The Kier molecular flexibility index (Phi) is 3.14. The highest BCUT2D eigenvalue weighted by Crippen LogP contribution is 2.40. The molecule has 0 spiro atoms. The van der Waals surface area contributed by atoms with Crippen LogP contribution in [-0.4, -0.2) is 19.3 Å². The standard InChI is InChI=1S/C13H13BrN2O2/c14-10-5-8(11(7-15)16-9-1-2-9)6-12-13(10)18-4-3-17-12/h5-6,9,11,16H,1-4H2. The van der Waals surface area contributed by atoms with E-state index in [1.54, 1.807) is 0 Å². The molecule has 94 valence electrons. The number of nitrogens with one attached hydrogen (secondary N) is 1. The van der Waals surface area contributed by atoms with E-state index in [0.717, 1.165) is 28.6 Å². The Morgan fingerprint density at radius 2 is 2.11 bits per heavy atom. The molecule has 1 aromatic rings. The molecule has 0 bridgehead atoms. The van der Waals surface area contributed by atoms with Gasteiger partial charge in [-0.05, 0) is 46.5 Å². The molecule has 1 atom stereocenters. The van der Waals surface area contributed by atoms with E-state index in [1.807, 2.05) is 12.1 Å². The van der Waals surface area contributed by atoms with E-state index in [9.17, 15) is 5.26 Å². The quantitative estimate of drug-likeness (QED) is 0.932. The van der Waals surface area contributed by atoms with Crippen LogP contribution in [0.1, 0.15) is 24.4 Å². The fraction of sp³-hybridized carbons (Fsp3) is 0.462. The third kappa shape index (κ3) is 2.31. The summed E-state index contributed by atoms with van der Waals surface area (Å²) < 4.78 is 11.9. The molecule has 5 heteroatoms. The number of ether oxygens (including phenoxy) is 2. The van der Waals surface area contributed by atoms with Crippen LogP contribution in [0.5, 0.6) is 11.5 Å². The van der Waals surface area contributed by atoms with Crippen LogP contribution >= 0.6 is 15.9 Å². The van der Waals surface area contributed by atoms with Gasteiger partial charge in [0.2, 0.25) is 0 Å². The summed E-state index contributed by atoms with van der Waals surface area (Å²) in [7, 11) is 0. The largest absolute Gasteiger partial charge is 0.486 e. The van der Waals surface area contributed by atoms with Crippen LogP contribution in [0.25, 0.3) is 0 Å². The summed E-state index contributed by atoms with van der Waals surface area (Å²) in [5.74, 6) is 1.44. The number of benzene rings is 1. The van der Waals surface area contributed by atoms with Crippen molar-refractivity contribution in [1.29, 1.82) is 5.26 Å². The average Bonchev–Trinajstić information content (AvgIpc) is 3.20. The van der Waals surface area contributed by atoms with Gasteiger partial charge in [0, 0.05) is 6.04 Å². The first-order valence-electron chi connectivity index (χ1n) is 6.02. The van der Waals surface area contributed by atoms with E-state index in [4.69, 9.17) is 9.47 Å². The van der Waals surface area contributed by atoms with Gasteiger partial charge in [0.15, 0.2) is 11.5 Å². The zero-order valence-corrected chi connectivity index (χ0v) is 11.4. The molecular weight excluding hydrogens is 296 g/mol. The molecule has 0 aromatic heterocycles. The van der Waals surface area contributed by atoms with Gasteiger partial charge in [-0.25, -0.2) is 0 Å². The number of fused-ring (bicyclic) bond motifs is 1. The van der Waals surface area contributed by atoms with Gasteiger partial charge in [-0.15, -0.1) is 0 Å². The summed E-state index contributed by atoms with van der Waals surface area (Å²) in [6.07, 6.45) is 2.31. The molecule has 0 amide bonds. The average molecular weight is 309 g/mol. The summed E-state index contributed by atoms with van der Waals surface area (Å²) in [4.78, 5) is 0. The second kappa shape index (κ2) is 4.79. The lowest BCUT2D eigenvalue weighted by atomic mass is 10.1. The summed E-state index contributed by atoms with van der Waals surface area (Å²) in [6, 6.07) is 6.31. The fourth-order valence-electron chi connectivity index (χ4n) is 1.99. The molecule has 1 aliphatic heterocycles. The molecule has 1 fully saturated rings. The first-order valence-corrected chi connectivity index (χ1v) is 6.82. The SMILES string of the molecule is N#CC(NC1CC1)c1cc(Br)c2c(c1)OCCO2. The molecule has 1 aliphatic carbocycles. The second-order valence-electron chi connectivity index (χ2n) is 4.53. The van der Waals surface area contributed by atoms with Crippen molar-refractivity contribution in [1.82, 2.24) is 5.32 Å². The monoisotopic (exact) mass is 308 g/mol. The third-order valence-electron chi connectivity index (χ3n) is 3.06.